The van der Waals surface area contributed by atoms with Crippen LogP contribution in [-0.4, -0.2) is 11.6 Å². The van der Waals surface area contributed by atoms with Crippen molar-refractivity contribution in [2.24, 2.45) is 5.92 Å². The first-order valence-corrected chi connectivity index (χ1v) is 6.09. The molecule has 2 nitrogen and oxygen atoms in total. The Morgan fingerprint density at radius 1 is 1.06 bits per heavy atom. The van der Waals surface area contributed by atoms with Gasteiger partial charge >= 0.3 is 0 Å². The van der Waals surface area contributed by atoms with E-state index < -0.39 is 0 Å². The molecule has 0 N–H and O–H groups in total. The summed E-state index contributed by atoms with van der Waals surface area (Å²) in [6, 6.07) is 7.95. The van der Waals surface area contributed by atoms with Crippen LogP contribution < -0.4 is 0 Å². The van der Waals surface area contributed by atoms with Crippen LogP contribution in [0.15, 0.2) is 24.3 Å². The summed E-state index contributed by atoms with van der Waals surface area (Å²) in [6.07, 6.45) is 1.88. The van der Waals surface area contributed by atoms with E-state index >= 15 is 0 Å². The summed E-state index contributed by atoms with van der Waals surface area (Å²) in [5.74, 6) is 0.595. The highest BCUT2D eigenvalue weighted by Gasteiger charge is 2.07. The highest BCUT2D eigenvalue weighted by molar-refractivity contribution is 5.80. The Morgan fingerprint density at radius 3 is 2.06 bits per heavy atom. The third kappa shape index (κ3) is 4.94. The molecule has 0 saturated heterocycles. The summed E-state index contributed by atoms with van der Waals surface area (Å²) in [5, 5.41) is 0. The molecule has 0 fully saturated rings. The maximum absolute atomic E-state index is 11.5. The molecule has 92 valence electrons. The third-order valence-electron chi connectivity index (χ3n) is 2.78. The van der Waals surface area contributed by atoms with Crippen LogP contribution in [0.5, 0.6) is 0 Å². The molecule has 0 unspecified atom stereocenters. The molecule has 0 amide bonds. The molecule has 0 bridgehead atoms. The first-order valence-electron chi connectivity index (χ1n) is 6.09. The molecule has 0 aromatic heterocycles. The Hall–Kier alpha value is -1.44. The number of rotatable bonds is 6. The number of benzene rings is 1. The predicted octanol–water partition coefficient (Wildman–Crippen LogP) is 2.98. The molecule has 1 aromatic carbocycles. The van der Waals surface area contributed by atoms with Gasteiger partial charge in [-0.1, -0.05) is 38.1 Å². The second-order valence-corrected chi connectivity index (χ2v) is 4.82. The normalized spacial score (nSPS) is 10.6. The van der Waals surface area contributed by atoms with Gasteiger partial charge in [-0.3, -0.25) is 9.59 Å². The van der Waals surface area contributed by atoms with Gasteiger partial charge in [0.05, 0.1) is 0 Å². The average Bonchev–Trinajstić information content (AvgIpc) is 2.26. The van der Waals surface area contributed by atoms with Crippen LogP contribution in [0.25, 0.3) is 0 Å². The Balaban J connectivity index is 2.51. The number of ketones is 2. The molecule has 0 aliphatic heterocycles. The van der Waals surface area contributed by atoms with Crippen molar-refractivity contribution in [3.05, 3.63) is 35.4 Å². The molecule has 0 spiro atoms. The number of carbonyl (C=O) groups is 2. The number of Topliss-reactive ketones (excluding diaryl/α,β-unsaturated/α-hetero) is 2. The molecule has 0 atom stereocenters. The van der Waals surface area contributed by atoms with Gasteiger partial charge in [-0.15, -0.1) is 0 Å². The minimum absolute atomic E-state index is 0.118. The minimum Gasteiger partial charge on any atom is -0.300 e. The summed E-state index contributed by atoms with van der Waals surface area (Å²) >= 11 is 0. The van der Waals surface area contributed by atoms with E-state index in [9.17, 15) is 9.59 Å². The van der Waals surface area contributed by atoms with E-state index in [-0.39, 0.29) is 11.7 Å². The Labute approximate surface area is 103 Å². The molecular formula is C15H20O2. The molecule has 17 heavy (non-hydrogen) atoms. The van der Waals surface area contributed by atoms with Crippen LogP contribution in [0.1, 0.15) is 38.3 Å². The molecule has 0 heterocycles. The Kier molecular flexibility index (Phi) is 5.08. The number of carbonyl (C=O) groups excluding carboxylic acids is 2. The summed E-state index contributed by atoms with van der Waals surface area (Å²) in [6.45, 7) is 5.45. The van der Waals surface area contributed by atoms with Gasteiger partial charge in [0.1, 0.15) is 11.6 Å². The Morgan fingerprint density at radius 2 is 1.59 bits per heavy atom. The van der Waals surface area contributed by atoms with Crippen molar-refractivity contribution < 1.29 is 9.59 Å². The predicted molar refractivity (Wildman–Crippen MR) is 69.0 cm³/mol. The molecule has 0 aliphatic rings. The second-order valence-electron chi connectivity index (χ2n) is 4.82. The molecule has 0 radical (unpaired) electrons. The lowest BCUT2D eigenvalue weighted by atomic mass is 9.99. The van der Waals surface area contributed by atoms with E-state index in [0.717, 1.165) is 17.5 Å². The SMILES string of the molecule is CC(=O)Cc1ccc(CCC(=O)C(C)C)cc1. The van der Waals surface area contributed by atoms with E-state index in [1.54, 1.807) is 6.92 Å². The van der Waals surface area contributed by atoms with Gasteiger partial charge in [0.25, 0.3) is 0 Å². The van der Waals surface area contributed by atoms with Crippen molar-refractivity contribution in [3.8, 4) is 0 Å². The molecule has 0 aliphatic carbocycles. The first-order chi connectivity index (χ1) is 7.99. The lowest BCUT2D eigenvalue weighted by molar-refractivity contribution is -0.121. The van der Waals surface area contributed by atoms with Gasteiger partial charge in [0.15, 0.2) is 0 Å². The maximum atomic E-state index is 11.5. The zero-order valence-corrected chi connectivity index (χ0v) is 10.8. The minimum atomic E-state index is 0.118. The molecule has 1 rings (SSSR count). The lowest BCUT2D eigenvalue weighted by Crippen LogP contribution is -2.07. The fourth-order valence-electron chi connectivity index (χ4n) is 1.67. The summed E-state index contributed by atoms with van der Waals surface area (Å²) in [4.78, 5) is 22.4. The van der Waals surface area contributed by atoms with E-state index in [1.807, 2.05) is 38.1 Å². The number of hydrogen-bond donors (Lipinski definition) is 0. The number of aryl methyl sites for hydroxylation is 1. The van der Waals surface area contributed by atoms with Crippen molar-refractivity contribution in [2.45, 2.75) is 40.0 Å². The fraction of sp³-hybridized carbons (Fsp3) is 0.467. The van der Waals surface area contributed by atoms with Crippen LogP contribution in [0, 0.1) is 5.92 Å². The first kappa shape index (κ1) is 13.6. The van der Waals surface area contributed by atoms with Crippen molar-refractivity contribution in [2.75, 3.05) is 0 Å². The summed E-state index contributed by atoms with van der Waals surface area (Å²) in [7, 11) is 0. The average molecular weight is 232 g/mol. The lowest BCUT2D eigenvalue weighted by Gasteiger charge is -2.05. The van der Waals surface area contributed by atoms with E-state index in [0.29, 0.717) is 18.6 Å². The van der Waals surface area contributed by atoms with Gasteiger partial charge in [-0.25, -0.2) is 0 Å². The van der Waals surface area contributed by atoms with Crippen LogP contribution >= 0.6 is 0 Å². The van der Waals surface area contributed by atoms with E-state index in [1.165, 1.54) is 0 Å². The number of hydrogen-bond acceptors (Lipinski definition) is 2. The van der Waals surface area contributed by atoms with Gasteiger partial charge in [-0.05, 0) is 24.5 Å². The Bertz CT molecular complexity index is 388. The van der Waals surface area contributed by atoms with Crippen molar-refractivity contribution in [1.29, 1.82) is 0 Å². The monoisotopic (exact) mass is 232 g/mol. The quantitative estimate of drug-likeness (QED) is 0.755. The van der Waals surface area contributed by atoms with E-state index in [2.05, 4.69) is 0 Å². The van der Waals surface area contributed by atoms with Gasteiger partial charge in [0.2, 0.25) is 0 Å². The van der Waals surface area contributed by atoms with Gasteiger partial charge < -0.3 is 0 Å². The zero-order chi connectivity index (χ0) is 12.8. The van der Waals surface area contributed by atoms with Crippen LogP contribution in [0.2, 0.25) is 0 Å². The van der Waals surface area contributed by atoms with Crippen molar-refractivity contribution in [1.82, 2.24) is 0 Å². The van der Waals surface area contributed by atoms with Crippen molar-refractivity contribution >= 4 is 11.6 Å². The third-order valence-corrected chi connectivity index (χ3v) is 2.78. The van der Waals surface area contributed by atoms with E-state index in [4.69, 9.17) is 0 Å². The topological polar surface area (TPSA) is 34.1 Å². The van der Waals surface area contributed by atoms with Crippen LogP contribution in [-0.2, 0) is 22.4 Å². The molecule has 0 saturated carbocycles. The van der Waals surface area contributed by atoms with Gasteiger partial charge in [-0.2, -0.15) is 0 Å². The summed E-state index contributed by atoms with van der Waals surface area (Å²) < 4.78 is 0. The zero-order valence-electron chi connectivity index (χ0n) is 10.8. The molecule has 2 heteroatoms. The second kappa shape index (κ2) is 6.33. The smallest absolute Gasteiger partial charge is 0.135 e. The fourth-order valence-corrected chi connectivity index (χ4v) is 1.67. The molecular weight excluding hydrogens is 212 g/mol. The summed E-state index contributed by atoms with van der Waals surface area (Å²) in [5.41, 5.74) is 2.20. The highest BCUT2D eigenvalue weighted by atomic mass is 16.1. The standard InChI is InChI=1S/C15H20O2/c1-11(2)15(17)9-8-13-4-6-14(7-5-13)10-12(3)16/h4-7,11H,8-10H2,1-3H3. The van der Waals surface area contributed by atoms with Crippen LogP contribution in [0.4, 0.5) is 0 Å². The maximum Gasteiger partial charge on any atom is 0.135 e. The van der Waals surface area contributed by atoms with Crippen molar-refractivity contribution in [3.63, 3.8) is 0 Å². The largest absolute Gasteiger partial charge is 0.300 e. The highest BCUT2D eigenvalue weighted by Crippen LogP contribution is 2.09. The van der Waals surface area contributed by atoms with Crippen LogP contribution in [0.3, 0.4) is 0 Å². The molecule has 1 aromatic rings. The van der Waals surface area contributed by atoms with Gasteiger partial charge in [0, 0.05) is 18.8 Å².